The van der Waals surface area contributed by atoms with Crippen molar-refractivity contribution in [2.75, 3.05) is 13.6 Å². The fourth-order valence-corrected chi connectivity index (χ4v) is 8.54. The van der Waals surface area contributed by atoms with Crippen LogP contribution in [-0.2, 0) is 11.8 Å². The maximum Gasteiger partial charge on any atom is 0.165 e. The summed E-state index contributed by atoms with van der Waals surface area (Å²) in [4.78, 5) is 2.51. The predicted octanol–water partition coefficient (Wildman–Crippen LogP) is 2.98. The van der Waals surface area contributed by atoms with Gasteiger partial charge in [0.1, 0.15) is 11.7 Å². The molecule has 2 aliphatic heterocycles. The zero-order chi connectivity index (χ0) is 21.5. The Morgan fingerprint density at radius 2 is 1.87 bits per heavy atom. The van der Waals surface area contributed by atoms with Crippen LogP contribution in [0, 0.1) is 16.7 Å². The van der Waals surface area contributed by atoms with Gasteiger partial charge in [0.25, 0.3) is 0 Å². The summed E-state index contributed by atoms with van der Waals surface area (Å²) in [5.74, 6) is 0.511. The van der Waals surface area contributed by atoms with Crippen molar-refractivity contribution < 1.29 is 20.1 Å². The lowest BCUT2D eigenvalue weighted by molar-refractivity contribution is -0.304. The van der Waals surface area contributed by atoms with E-state index in [1.54, 1.807) is 6.07 Å². The number of phenols is 1. The van der Waals surface area contributed by atoms with Crippen LogP contribution in [0.25, 0.3) is 0 Å². The van der Waals surface area contributed by atoms with E-state index in [4.69, 9.17) is 4.74 Å². The number of aliphatic hydroxyl groups is 2. The maximum absolute atomic E-state index is 12.3. The van der Waals surface area contributed by atoms with E-state index in [0.29, 0.717) is 18.2 Å². The highest BCUT2D eigenvalue weighted by atomic mass is 16.5. The first-order valence-electron chi connectivity index (χ1n) is 11.6. The van der Waals surface area contributed by atoms with Gasteiger partial charge in [-0.05, 0) is 69.7 Å². The average Bonchev–Trinajstić information content (AvgIpc) is 3.03. The summed E-state index contributed by atoms with van der Waals surface area (Å²) >= 11 is 0. The van der Waals surface area contributed by atoms with E-state index in [0.717, 1.165) is 32.2 Å². The van der Waals surface area contributed by atoms with Crippen molar-refractivity contribution in [1.82, 2.24) is 4.90 Å². The van der Waals surface area contributed by atoms with Crippen LogP contribution in [0.1, 0.15) is 64.5 Å². The van der Waals surface area contributed by atoms with Crippen molar-refractivity contribution in [3.8, 4) is 11.5 Å². The first kappa shape index (κ1) is 19.4. The van der Waals surface area contributed by atoms with Gasteiger partial charge in [-0.3, -0.25) is 0 Å². The second-order valence-corrected chi connectivity index (χ2v) is 12.2. The number of likely N-dealkylation sites (tertiary alicyclic amines) is 1. The molecule has 4 bridgehead atoms. The number of hydrogen-bond donors (Lipinski definition) is 3. The Kier molecular flexibility index (Phi) is 3.35. The second-order valence-electron chi connectivity index (χ2n) is 12.2. The molecule has 0 amide bonds. The molecule has 164 valence electrons. The van der Waals surface area contributed by atoms with Crippen molar-refractivity contribution in [1.29, 1.82) is 0 Å². The number of phenolic OH excluding ortho intramolecular Hbond substituents is 1. The van der Waals surface area contributed by atoms with Gasteiger partial charge in [0.05, 0.1) is 5.60 Å². The summed E-state index contributed by atoms with van der Waals surface area (Å²) < 4.78 is 6.58. The van der Waals surface area contributed by atoms with Gasteiger partial charge in [0, 0.05) is 28.4 Å². The van der Waals surface area contributed by atoms with Crippen LogP contribution in [0.3, 0.4) is 0 Å². The van der Waals surface area contributed by atoms with Gasteiger partial charge in [0.2, 0.25) is 0 Å². The minimum absolute atomic E-state index is 0.0545. The summed E-state index contributed by atoms with van der Waals surface area (Å²) in [6, 6.07) is 4.18. The fourth-order valence-electron chi connectivity index (χ4n) is 8.54. The Balaban J connectivity index is 1.64. The number of nitrogens with zero attached hydrogens (tertiary/aromatic N) is 1. The lowest BCUT2D eigenvalue weighted by atomic mass is 9.33. The van der Waals surface area contributed by atoms with Gasteiger partial charge >= 0.3 is 0 Å². The summed E-state index contributed by atoms with van der Waals surface area (Å²) in [5, 5.41) is 34.9. The van der Waals surface area contributed by atoms with E-state index in [1.165, 1.54) is 11.1 Å². The standard InChI is InChI=1S/C25H35NO4/c1-21(2,3)22(4,28)16-13-23-8-9-25(16,29)20-24(23)10-11-26(5)17(23)12-14-6-7-15(27)19(30-20)18(14)24/h6-7,16-17,20,27-29H,8-13H2,1-5H3. The first-order valence-corrected chi connectivity index (χ1v) is 11.6. The highest BCUT2D eigenvalue weighted by Crippen LogP contribution is 2.77. The van der Waals surface area contributed by atoms with Gasteiger partial charge in [-0.15, -0.1) is 0 Å². The molecule has 5 heteroatoms. The predicted molar refractivity (Wildman–Crippen MR) is 114 cm³/mol. The third-order valence-corrected chi connectivity index (χ3v) is 10.5. The van der Waals surface area contributed by atoms with Crippen molar-refractivity contribution >= 4 is 0 Å². The van der Waals surface area contributed by atoms with E-state index < -0.39 is 17.3 Å². The molecule has 7 atom stereocenters. The number of ether oxygens (including phenoxy) is 1. The average molecular weight is 414 g/mol. The van der Waals surface area contributed by atoms with E-state index in [-0.39, 0.29) is 27.9 Å². The molecule has 7 unspecified atom stereocenters. The van der Waals surface area contributed by atoms with Crippen molar-refractivity contribution in [2.24, 2.45) is 16.7 Å². The number of fused-ring (bicyclic) bond motifs is 2. The fraction of sp³-hybridized carbons (Fsp3) is 0.760. The van der Waals surface area contributed by atoms with E-state index in [9.17, 15) is 15.3 Å². The largest absolute Gasteiger partial charge is 0.504 e. The minimum Gasteiger partial charge on any atom is -0.504 e. The number of rotatable bonds is 1. The highest BCUT2D eigenvalue weighted by Gasteiger charge is 2.81. The second kappa shape index (κ2) is 5.19. The molecule has 4 fully saturated rings. The van der Waals surface area contributed by atoms with Gasteiger partial charge in [-0.2, -0.15) is 0 Å². The molecule has 5 nitrogen and oxygen atoms in total. The SMILES string of the molecule is CN1CCC23c4c5ccc(O)c4OC2C2(O)CCC3(CC2C(C)(O)C(C)(C)C)C1C5. The molecule has 7 rings (SSSR count). The lowest BCUT2D eigenvalue weighted by Gasteiger charge is -2.74. The minimum atomic E-state index is -1.11. The molecule has 6 aliphatic rings. The molecule has 4 aliphatic carbocycles. The summed E-state index contributed by atoms with van der Waals surface area (Å²) in [7, 11) is 2.23. The van der Waals surface area contributed by atoms with E-state index in [2.05, 4.69) is 38.8 Å². The van der Waals surface area contributed by atoms with Crippen LogP contribution in [0.15, 0.2) is 12.1 Å². The van der Waals surface area contributed by atoms with Crippen LogP contribution in [0.4, 0.5) is 0 Å². The third-order valence-electron chi connectivity index (χ3n) is 10.5. The molecule has 2 spiro atoms. The summed E-state index contributed by atoms with van der Waals surface area (Å²) in [6.07, 6.45) is 3.86. The number of benzene rings is 1. The van der Waals surface area contributed by atoms with Gasteiger partial charge in [-0.25, -0.2) is 0 Å². The molecule has 30 heavy (non-hydrogen) atoms. The molecule has 1 aromatic rings. The maximum atomic E-state index is 12.3. The third kappa shape index (κ3) is 1.77. The lowest BCUT2D eigenvalue weighted by Crippen LogP contribution is -2.82. The van der Waals surface area contributed by atoms with Crippen molar-refractivity contribution in [3.63, 3.8) is 0 Å². The molecular formula is C25H35NO4. The number of hydrogen-bond acceptors (Lipinski definition) is 5. The molecule has 2 heterocycles. The first-order chi connectivity index (χ1) is 13.9. The summed E-state index contributed by atoms with van der Waals surface area (Å²) in [6.45, 7) is 9.07. The van der Waals surface area contributed by atoms with Crippen molar-refractivity contribution in [3.05, 3.63) is 23.3 Å². The topological polar surface area (TPSA) is 73.2 Å². The Hall–Kier alpha value is -1.30. The van der Waals surface area contributed by atoms with Crippen LogP contribution in [0.5, 0.6) is 11.5 Å². The Labute approximate surface area is 179 Å². The molecular weight excluding hydrogens is 378 g/mol. The highest BCUT2D eigenvalue weighted by molar-refractivity contribution is 5.63. The monoisotopic (exact) mass is 413 g/mol. The van der Waals surface area contributed by atoms with Crippen LogP contribution in [0.2, 0.25) is 0 Å². The number of likely N-dealkylation sites (N-methyl/N-ethyl adjacent to an activating group) is 1. The Bertz CT molecular complexity index is 951. The molecule has 0 radical (unpaired) electrons. The van der Waals surface area contributed by atoms with Crippen LogP contribution >= 0.6 is 0 Å². The summed E-state index contributed by atoms with van der Waals surface area (Å²) in [5.41, 5.74) is -0.414. The van der Waals surface area contributed by atoms with Gasteiger partial charge < -0.3 is 25.0 Å². The van der Waals surface area contributed by atoms with Crippen molar-refractivity contribution in [2.45, 2.75) is 88.6 Å². The number of piperidine rings is 1. The normalized spacial score (nSPS) is 45.6. The molecule has 1 saturated heterocycles. The van der Waals surface area contributed by atoms with Crippen LogP contribution in [-0.4, -0.2) is 57.2 Å². The number of aromatic hydroxyl groups is 1. The molecule has 0 aromatic heterocycles. The van der Waals surface area contributed by atoms with Gasteiger partial charge in [-0.1, -0.05) is 26.8 Å². The van der Waals surface area contributed by atoms with Crippen LogP contribution < -0.4 is 4.74 Å². The Morgan fingerprint density at radius 1 is 1.13 bits per heavy atom. The molecule has 3 saturated carbocycles. The van der Waals surface area contributed by atoms with E-state index >= 15 is 0 Å². The quantitative estimate of drug-likeness (QED) is 0.660. The molecule has 1 aromatic carbocycles. The zero-order valence-corrected chi connectivity index (χ0v) is 18.8. The Morgan fingerprint density at radius 3 is 2.57 bits per heavy atom. The van der Waals surface area contributed by atoms with Gasteiger partial charge in [0.15, 0.2) is 11.5 Å². The smallest absolute Gasteiger partial charge is 0.165 e. The zero-order valence-electron chi connectivity index (χ0n) is 18.8. The molecule has 3 N–H and O–H groups in total. The van der Waals surface area contributed by atoms with E-state index in [1.807, 2.05) is 6.92 Å².